The van der Waals surface area contributed by atoms with Crippen LogP contribution >= 0.6 is 0 Å². The summed E-state index contributed by atoms with van der Waals surface area (Å²) >= 11 is 0. The van der Waals surface area contributed by atoms with Crippen LogP contribution in [0.5, 0.6) is 0 Å². The van der Waals surface area contributed by atoms with Gasteiger partial charge in [-0.25, -0.2) is 0 Å². The van der Waals surface area contributed by atoms with Gasteiger partial charge in [-0.1, -0.05) is 18.9 Å². The van der Waals surface area contributed by atoms with Crippen molar-refractivity contribution in [1.29, 1.82) is 0 Å². The van der Waals surface area contributed by atoms with Crippen LogP contribution in [0.25, 0.3) is 10.9 Å². The Morgan fingerprint density at radius 1 is 1.05 bits per heavy atom. The van der Waals surface area contributed by atoms with E-state index in [1.807, 2.05) is 18.3 Å². The van der Waals surface area contributed by atoms with Crippen molar-refractivity contribution in [3.63, 3.8) is 0 Å². The molecule has 1 aliphatic heterocycles. The molecule has 1 aromatic carbocycles. The van der Waals surface area contributed by atoms with Crippen molar-refractivity contribution in [2.24, 2.45) is 0 Å². The number of nitrogen functional groups attached to an aromatic ring is 1. The average molecular weight is 255 g/mol. The zero-order valence-electron chi connectivity index (χ0n) is 11.3. The first kappa shape index (κ1) is 12.4. The molecule has 0 radical (unpaired) electrons. The lowest BCUT2D eigenvalue weighted by molar-refractivity contribution is 0.277. The van der Waals surface area contributed by atoms with Crippen LogP contribution in [0.4, 0.5) is 5.69 Å². The number of rotatable bonds is 2. The van der Waals surface area contributed by atoms with Crippen LogP contribution in [0, 0.1) is 0 Å². The summed E-state index contributed by atoms with van der Waals surface area (Å²) in [6, 6.07) is 8.18. The molecule has 1 aliphatic rings. The van der Waals surface area contributed by atoms with Gasteiger partial charge in [-0.2, -0.15) is 0 Å². The zero-order valence-corrected chi connectivity index (χ0v) is 11.3. The van der Waals surface area contributed by atoms with E-state index in [2.05, 4.69) is 22.0 Å². The number of benzene rings is 1. The second kappa shape index (κ2) is 5.57. The fourth-order valence-electron chi connectivity index (χ4n) is 2.82. The highest BCUT2D eigenvalue weighted by molar-refractivity contribution is 5.82. The third kappa shape index (κ3) is 3.04. The molecule has 2 aromatic rings. The van der Waals surface area contributed by atoms with Gasteiger partial charge in [0.2, 0.25) is 0 Å². The van der Waals surface area contributed by atoms with Gasteiger partial charge in [-0.15, -0.1) is 0 Å². The maximum absolute atomic E-state index is 5.78. The number of aromatic nitrogens is 1. The van der Waals surface area contributed by atoms with Gasteiger partial charge in [0.25, 0.3) is 0 Å². The molecule has 3 heteroatoms. The maximum atomic E-state index is 5.78. The largest absolute Gasteiger partial charge is 0.399 e. The molecule has 0 unspecified atom stereocenters. The van der Waals surface area contributed by atoms with E-state index in [0.717, 1.165) is 17.7 Å². The average Bonchev–Trinajstić information content (AvgIpc) is 2.68. The topological polar surface area (TPSA) is 42.1 Å². The molecule has 0 aliphatic carbocycles. The van der Waals surface area contributed by atoms with E-state index in [0.29, 0.717) is 0 Å². The molecule has 1 fully saturated rings. The minimum Gasteiger partial charge on any atom is -0.399 e. The Balaban J connectivity index is 1.78. The maximum Gasteiger partial charge on any atom is 0.0722 e. The summed E-state index contributed by atoms with van der Waals surface area (Å²) < 4.78 is 0. The minimum atomic E-state index is 0.778. The second-order valence-corrected chi connectivity index (χ2v) is 5.49. The highest BCUT2D eigenvalue weighted by Gasteiger charge is 2.09. The lowest BCUT2D eigenvalue weighted by atomic mass is 10.1. The molecular formula is C16H21N3. The normalized spacial score (nSPS) is 17.5. The molecule has 100 valence electrons. The summed E-state index contributed by atoms with van der Waals surface area (Å²) in [5, 5.41) is 1.18. The number of likely N-dealkylation sites (tertiary alicyclic amines) is 1. The molecule has 1 aromatic heterocycles. The Morgan fingerprint density at radius 2 is 1.84 bits per heavy atom. The predicted molar refractivity (Wildman–Crippen MR) is 79.9 cm³/mol. The molecule has 0 amide bonds. The fraction of sp³-hybridized carbons (Fsp3) is 0.438. The fourth-order valence-corrected chi connectivity index (χ4v) is 2.82. The molecule has 2 N–H and O–H groups in total. The van der Waals surface area contributed by atoms with E-state index in [-0.39, 0.29) is 0 Å². The Morgan fingerprint density at radius 3 is 2.63 bits per heavy atom. The van der Waals surface area contributed by atoms with Crippen molar-refractivity contribution in [2.75, 3.05) is 18.8 Å². The summed E-state index contributed by atoms with van der Waals surface area (Å²) in [6.07, 6.45) is 7.42. The van der Waals surface area contributed by atoms with Crippen molar-refractivity contribution < 1.29 is 0 Å². The second-order valence-electron chi connectivity index (χ2n) is 5.49. The first-order valence-corrected chi connectivity index (χ1v) is 7.18. The number of hydrogen-bond acceptors (Lipinski definition) is 3. The zero-order chi connectivity index (χ0) is 13.1. The first-order valence-electron chi connectivity index (χ1n) is 7.18. The lowest BCUT2D eigenvalue weighted by Gasteiger charge is -2.19. The summed E-state index contributed by atoms with van der Waals surface area (Å²) in [7, 11) is 0. The SMILES string of the molecule is Nc1ccc2cc(CN3CCCCCC3)cnc2c1. The van der Waals surface area contributed by atoms with Gasteiger partial charge in [-0.05, 0) is 49.7 Å². The molecule has 0 saturated carbocycles. The van der Waals surface area contributed by atoms with E-state index in [1.165, 1.54) is 49.7 Å². The summed E-state index contributed by atoms with van der Waals surface area (Å²) in [4.78, 5) is 7.07. The van der Waals surface area contributed by atoms with Gasteiger partial charge in [0.15, 0.2) is 0 Å². The molecule has 0 spiro atoms. The van der Waals surface area contributed by atoms with Gasteiger partial charge in [0, 0.05) is 23.8 Å². The molecule has 1 saturated heterocycles. The van der Waals surface area contributed by atoms with Crippen LogP contribution in [-0.2, 0) is 6.54 Å². The van der Waals surface area contributed by atoms with Crippen LogP contribution in [0.2, 0.25) is 0 Å². The Labute approximate surface area is 114 Å². The molecule has 3 nitrogen and oxygen atoms in total. The Hall–Kier alpha value is -1.61. The van der Waals surface area contributed by atoms with Crippen LogP contribution < -0.4 is 5.73 Å². The van der Waals surface area contributed by atoms with E-state index < -0.39 is 0 Å². The van der Waals surface area contributed by atoms with E-state index in [1.54, 1.807) is 0 Å². The van der Waals surface area contributed by atoms with Crippen molar-refractivity contribution in [2.45, 2.75) is 32.2 Å². The van der Waals surface area contributed by atoms with Crippen molar-refractivity contribution >= 4 is 16.6 Å². The minimum absolute atomic E-state index is 0.778. The number of fused-ring (bicyclic) bond motifs is 1. The summed E-state index contributed by atoms with van der Waals surface area (Å²) in [5.74, 6) is 0. The van der Waals surface area contributed by atoms with Gasteiger partial charge < -0.3 is 5.73 Å². The smallest absolute Gasteiger partial charge is 0.0722 e. The van der Waals surface area contributed by atoms with Crippen molar-refractivity contribution in [3.8, 4) is 0 Å². The van der Waals surface area contributed by atoms with Crippen LogP contribution in [0.1, 0.15) is 31.2 Å². The van der Waals surface area contributed by atoms with E-state index in [4.69, 9.17) is 5.73 Å². The number of nitrogens with zero attached hydrogens (tertiary/aromatic N) is 2. The summed E-state index contributed by atoms with van der Waals surface area (Å²) in [6.45, 7) is 3.47. The predicted octanol–water partition coefficient (Wildman–Crippen LogP) is 3.19. The molecule has 19 heavy (non-hydrogen) atoms. The van der Waals surface area contributed by atoms with Gasteiger partial charge in [0.05, 0.1) is 5.52 Å². The standard InChI is InChI=1S/C16H21N3/c17-15-6-5-14-9-13(11-18-16(14)10-15)12-19-7-3-1-2-4-8-19/h5-6,9-11H,1-4,7-8,12,17H2. The molecule has 2 heterocycles. The molecular weight excluding hydrogens is 234 g/mol. The van der Waals surface area contributed by atoms with Crippen LogP contribution in [0.15, 0.2) is 30.5 Å². The number of nitrogens with two attached hydrogens (primary N) is 1. The van der Waals surface area contributed by atoms with Gasteiger partial charge >= 0.3 is 0 Å². The van der Waals surface area contributed by atoms with Crippen molar-refractivity contribution in [1.82, 2.24) is 9.88 Å². The highest BCUT2D eigenvalue weighted by atomic mass is 15.1. The third-order valence-corrected chi connectivity index (χ3v) is 3.87. The Bertz CT molecular complexity index is 557. The number of anilines is 1. The lowest BCUT2D eigenvalue weighted by Crippen LogP contribution is -2.23. The van der Waals surface area contributed by atoms with E-state index in [9.17, 15) is 0 Å². The van der Waals surface area contributed by atoms with Gasteiger partial charge in [-0.3, -0.25) is 9.88 Å². The Kier molecular flexibility index (Phi) is 3.65. The van der Waals surface area contributed by atoms with Gasteiger partial charge in [0.1, 0.15) is 0 Å². The van der Waals surface area contributed by atoms with Crippen LogP contribution in [-0.4, -0.2) is 23.0 Å². The number of pyridine rings is 1. The molecule has 0 atom stereocenters. The van der Waals surface area contributed by atoms with E-state index >= 15 is 0 Å². The quantitative estimate of drug-likeness (QED) is 0.838. The van der Waals surface area contributed by atoms with Crippen LogP contribution in [0.3, 0.4) is 0 Å². The highest BCUT2D eigenvalue weighted by Crippen LogP contribution is 2.18. The third-order valence-electron chi connectivity index (χ3n) is 3.87. The summed E-state index contributed by atoms with van der Waals surface area (Å²) in [5.41, 5.74) is 8.85. The number of hydrogen-bond donors (Lipinski definition) is 1. The monoisotopic (exact) mass is 255 g/mol. The molecule has 0 bridgehead atoms. The molecule has 3 rings (SSSR count). The van der Waals surface area contributed by atoms with Crippen molar-refractivity contribution in [3.05, 3.63) is 36.0 Å². The first-order chi connectivity index (χ1) is 9.31.